The monoisotopic (exact) mass is 310 g/mol. The van der Waals surface area contributed by atoms with Gasteiger partial charge in [0.15, 0.2) is 0 Å². The molecule has 0 bridgehead atoms. The maximum Gasteiger partial charge on any atom is 0.308 e. The maximum atomic E-state index is 12.7. The largest absolute Gasteiger partial charge is 0.460 e. The molecule has 6 heteroatoms. The van der Waals surface area contributed by atoms with Crippen LogP contribution in [0.1, 0.15) is 48.0 Å². The number of esters is 1. The Morgan fingerprint density at radius 1 is 1.32 bits per heavy atom. The topological polar surface area (TPSA) is 79.6 Å². The number of morpholine rings is 1. The van der Waals surface area contributed by atoms with Crippen molar-refractivity contribution in [1.82, 2.24) is 4.90 Å². The van der Waals surface area contributed by atoms with Crippen molar-refractivity contribution in [2.24, 2.45) is 5.41 Å². The molecule has 6 nitrogen and oxygen atoms in total. The summed E-state index contributed by atoms with van der Waals surface area (Å²) in [6.07, 6.45) is -0.253. The predicted octanol–water partition coefficient (Wildman–Crippen LogP) is 1.89. The molecule has 0 aromatic rings. The molecule has 0 aliphatic carbocycles. The van der Waals surface area contributed by atoms with E-state index in [9.17, 15) is 14.9 Å². The molecule has 124 valence electrons. The lowest BCUT2D eigenvalue weighted by Crippen LogP contribution is -2.54. The molecule has 0 N–H and O–H groups in total. The Morgan fingerprint density at radius 2 is 1.91 bits per heavy atom. The zero-order valence-electron chi connectivity index (χ0n) is 14.4. The van der Waals surface area contributed by atoms with Crippen LogP contribution in [0.3, 0.4) is 0 Å². The van der Waals surface area contributed by atoms with Crippen LogP contribution in [0, 0.1) is 16.7 Å². The molecule has 1 rings (SSSR count). The van der Waals surface area contributed by atoms with Crippen LogP contribution < -0.4 is 0 Å². The van der Waals surface area contributed by atoms with Gasteiger partial charge < -0.3 is 14.4 Å². The third-order valence-electron chi connectivity index (χ3n) is 3.35. The standard InChI is InChI=1S/C16H26N2O4/c1-14(2,3)22-12(19)9-16(6,10-17)13(20)18-7-8-21-15(4,5)11-18/h7-9,11H2,1-6H3/t16-/m0/s1. The van der Waals surface area contributed by atoms with Crippen molar-refractivity contribution >= 4 is 11.9 Å². The summed E-state index contributed by atoms with van der Waals surface area (Å²) in [5, 5.41) is 9.43. The average Bonchev–Trinajstić information content (AvgIpc) is 2.34. The third-order valence-corrected chi connectivity index (χ3v) is 3.35. The molecule has 1 heterocycles. The first-order valence-corrected chi connectivity index (χ1v) is 7.45. The van der Waals surface area contributed by atoms with Crippen molar-refractivity contribution in [2.45, 2.75) is 59.2 Å². The van der Waals surface area contributed by atoms with Gasteiger partial charge in [-0.15, -0.1) is 0 Å². The van der Waals surface area contributed by atoms with Crippen LogP contribution in [0.4, 0.5) is 0 Å². The first-order chi connectivity index (χ1) is 9.88. The number of nitrogens with zero attached hydrogens (tertiary/aromatic N) is 2. The quantitative estimate of drug-likeness (QED) is 0.744. The van der Waals surface area contributed by atoms with Gasteiger partial charge in [0, 0.05) is 13.1 Å². The molecule has 1 fully saturated rings. The fourth-order valence-corrected chi connectivity index (χ4v) is 2.37. The van der Waals surface area contributed by atoms with E-state index in [-0.39, 0.29) is 12.3 Å². The second kappa shape index (κ2) is 6.25. The van der Waals surface area contributed by atoms with E-state index < -0.39 is 22.6 Å². The van der Waals surface area contributed by atoms with Gasteiger partial charge in [0.1, 0.15) is 11.0 Å². The number of nitriles is 1. The molecular weight excluding hydrogens is 284 g/mol. The van der Waals surface area contributed by atoms with Crippen molar-refractivity contribution in [3.8, 4) is 6.07 Å². The lowest BCUT2D eigenvalue weighted by molar-refractivity contribution is -0.163. The van der Waals surface area contributed by atoms with Gasteiger partial charge in [0.25, 0.3) is 0 Å². The fourth-order valence-electron chi connectivity index (χ4n) is 2.37. The highest BCUT2D eigenvalue weighted by Gasteiger charge is 2.43. The number of amides is 1. The van der Waals surface area contributed by atoms with Gasteiger partial charge in [0.2, 0.25) is 5.91 Å². The number of carbonyl (C=O) groups is 2. The van der Waals surface area contributed by atoms with Gasteiger partial charge in [-0.05, 0) is 41.5 Å². The lowest BCUT2D eigenvalue weighted by Gasteiger charge is -2.40. The Labute approximate surface area is 132 Å². The molecule has 1 amide bonds. The van der Waals surface area contributed by atoms with Gasteiger partial charge >= 0.3 is 5.97 Å². The minimum Gasteiger partial charge on any atom is -0.460 e. The molecule has 22 heavy (non-hydrogen) atoms. The maximum absolute atomic E-state index is 12.7. The Hall–Kier alpha value is -1.61. The fraction of sp³-hybridized carbons (Fsp3) is 0.812. The second-order valence-corrected chi connectivity index (χ2v) is 7.54. The van der Waals surface area contributed by atoms with Crippen LogP contribution in [-0.2, 0) is 19.1 Å². The molecular formula is C16H26N2O4. The summed E-state index contributed by atoms with van der Waals surface area (Å²) in [6, 6.07) is 1.99. The normalized spacial score (nSPS) is 20.7. The Kier molecular flexibility index (Phi) is 5.24. The van der Waals surface area contributed by atoms with Crippen molar-refractivity contribution < 1.29 is 19.1 Å². The Morgan fingerprint density at radius 3 is 2.36 bits per heavy atom. The predicted molar refractivity (Wildman–Crippen MR) is 80.8 cm³/mol. The summed E-state index contributed by atoms with van der Waals surface area (Å²) in [6.45, 7) is 11.8. The van der Waals surface area contributed by atoms with E-state index in [0.29, 0.717) is 19.7 Å². The number of rotatable bonds is 3. The van der Waals surface area contributed by atoms with Gasteiger partial charge in [0.05, 0.1) is 24.7 Å². The average molecular weight is 310 g/mol. The molecule has 1 atom stereocenters. The molecule has 0 aromatic heterocycles. The molecule has 0 spiro atoms. The van der Waals surface area contributed by atoms with E-state index in [1.54, 1.807) is 25.7 Å². The minimum absolute atomic E-state index is 0.253. The molecule has 0 radical (unpaired) electrons. The zero-order chi connectivity index (χ0) is 17.2. The van der Waals surface area contributed by atoms with Crippen LogP contribution >= 0.6 is 0 Å². The first-order valence-electron chi connectivity index (χ1n) is 7.45. The van der Waals surface area contributed by atoms with Crippen LogP contribution in [0.5, 0.6) is 0 Å². The first kappa shape index (κ1) is 18.4. The summed E-state index contributed by atoms with van der Waals surface area (Å²) in [7, 11) is 0. The third kappa shape index (κ3) is 4.99. The van der Waals surface area contributed by atoms with E-state index in [0.717, 1.165) is 0 Å². The smallest absolute Gasteiger partial charge is 0.308 e. The van der Waals surface area contributed by atoms with Crippen LogP contribution in [-0.4, -0.2) is 47.7 Å². The highest BCUT2D eigenvalue weighted by molar-refractivity contribution is 5.89. The minimum atomic E-state index is -1.42. The highest BCUT2D eigenvalue weighted by atomic mass is 16.6. The number of hydrogen-bond acceptors (Lipinski definition) is 5. The highest BCUT2D eigenvalue weighted by Crippen LogP contribution is 2.28. The molecule has 1 aliphatic heterocycles. The van der Waals surface area contributed by atoms with Crippen molar-refractivity contribution in [3.63, 3.8) is 0 Å². The summed E-state index contributed by atoms with van der Waals surface area (Å²) in [4.78, 5) is 26.3. The molecule has 1 saturated heterocycles. The summed E-state index contributed by atoms with van der Waals surface area (Å²) < 4.78 is 10.8. The van der Waals surface area contributed by atoms with E-state index in [2.05, 4.69) is 0 Å². The van der Waals surface area contributed by atoms with Crippen molar-refractivity contribution in [3.05, 3.63) is 0 Å². The van der Waals surface area contributed by atoms with Gasteiger partial charge in [-0.3, -0.25) is 9.59 Å². The Bertz CT molecular complexity index is 487. The number of hydrogen-bond donors (Lipinski definition) is 0. The molecule has 1 aliphatic rings. The van der Waals surface area contributed by atoms with E-state index in [4.69, 9.17) is 9.47 Å². The van der Waals surface area contributed by atoms with Gasteiger partial charge in [-0.1, -0.05) is 0 Å². The van der Waals surface area contributed by atoms with Crippen molar-refractivity contribution in [2.75, 3.05) is 19.7 Å². The lowest BCUT2D eigenvalue weighted by atomic mass is 9.86. The van der Waals surface area contributed by atoms with E-state index in [1.165, 1.54) is 6.92 Å². The summed E-state index contributed by atoms with van der Waals surface area (Å²) in [5.74, 6) is -0.894. The summed E-state index contributed by atoms with van der Waals surface area (Å²) in [5.41, 5.74) is -2.51. The number of ether oxygens (including phenoxy) is 2. The second-order valence-electron chi connectivity index (χ2n) is 7.54. The zero-order valence-corrected chi connectivity index (χ0v) is 14.4. The van der Waals surface area contributed by atoms with Crippen LogP contribution in [0.2, 0.25) is 0 Å². The molecule has 0 aromatic carbocycles. The Balaban J connectivity index is 2.82. The van der Waals surface area contributed by atoms with Crippen LogP contribution in [0.25, 0.3) is 0 Å². The SMILES string of the molecule is CC(C)(C)OC(=O)C[C@@](C)(C#N)C(=O)N1CCOC(C)(C)C1. The molecule has 0 saturated carbocycles. The number of carbonyl (C=O) groups excluding carboxylic acids is 2. The van der Waals surface area contributed by atoms with E-state index >= 15 is 0 Å². The van der Waals surface area contributed by atoms with Crippen LogP contribution in [0.15, 0.2) is 0 Å². The van der Waals surface area contributed by atoms with Crippen molar-refractivity contribution in [1.29, 1.82) is 5.26 Å². The van der Waals surface area contributed by atoms with Gasteiger partial charge in [-0.25, -0.2) is 0 Å². The summed E-state index contributed by atoms with van der Waals surface area (Å²) >= 11 is 0. The molecule has 0 unspecified atom stereocenters. The van der Waals surface area contributed by atoms with Gasteiger partial charge in [-0.2, -0.15) is 5.26 Å². The van der Waals surface area contributed by atoms with E-state index in [1.807, 2.05) is 19.9 Å².